The van der Waals surface area contributed by atoms with Crippen molar-refractivity contribution in [3.8, 4) is 0 Å². The number of nitrogens with zero attached hydrogens (tertiary/aromatic N) is 3. The van der Waals surface area contributed by atoms with Gasteiger partial charge in [-0.3, -0.25) is 25.7 Å². The number of benzene rings is 2. The topological polar surface area (TPSA) is 111 Å². The standard InChI is InChI=1S/C19H13ClN4O4S/c20-14-6-3-13(4-7-14)5-9-17(19-2-1-11-29-19)22-21-16-10-8-15(23(25)26)12-18(16)24(27)28/h1-12,21H/b9-5+,22-17-. The largest absolute Gasteiger partial charge is 0.301 e. The average Bonchev–Trinajstić information content (AvgIpc) is 3.23. The predicted octanol–water partition coefficient (Wildman–Crippen LogP) is 5.75. The van der Waals surface area contributed by atoms with E-state index < -0.39 is 15.5 Å². The van der Waals surface area contributed by atoms with Crippen molar-refractivity contribution < 1.29 is 9.85 Å². The smallest absolute Gasteiger partial charge is 0.271 e. The SMILES string of the molecule is O=[N+]([O-])c1ccc(N/N=C(/C=C/c2ccc(Cl)cc2)c2cccs2)c([N+](=O)[O-])c1. The highest BCUT2D eigenvalue weighted by molar-refractivity contribution is 7.12. The van der Waals surface area contributed by atoms with Gasteiger partial charge in [0, 0.05) is 11.1 Å². The lowest BCUT2D eigenvalue weighted by atomic mass is 10.2. The quantitative estimate of drug-likeness (QED) is 0.292. The van der Waals surface area contributed by atoms with E-state index in [1.165, 1.54) is 23.5 Å². The molecule has 1 aromatic heterocycles. The maximum atomic E-state index is 11.3. The summed E-state index contributed by atoms with van der Waals surface area (Å²) in [5, 5.41) is 28.9. The molecule has 3 aromatic rings. The third-order valence-corrected chi connectivity index (χ3v) is 4.91. The van der Waals surface area contributed by atoms with Crippen LogP contribution in [0.15, 0.2) is 71.2 Å². The second-order valence-electron chi connectivity index (χ2n) is 5.69. The number of non-ortho nitro benzene ring substituents is 1. The van der Waals surface area contributed by atoms with Crippen molar-refractivity contribution in [1.82, 2.24) is 0 Å². The zero-order valence-electron chi connectivity index (χ0n) is 14.7. The van der Waals surface area contributed by atoms with Gasteiger partial charge in [0.25, 0.3) is 5.69 Å². The molecule has 0 saturated carbocycles. The van der Waals surface area contributed by atoms with Crippen LogP contribution in [0.25, 0.3) is 6.08 Å². The van der Waals surface area contributed by atoms with Crippen LogP contribution in [0.4, 0.5) is 17.1 Å². The van der Waals surface area contributed by atoms with Crippen LogP contribution in [0, 0.1) is 20.2 Å². The molecule has 0 aliphatic rings. The van der Waals surface area contributed by atoms with E-state index in [9.17, 15) is 20.2 Å². The van der Waals surface area contributed by atoms with Crippen LogP contribution in [0.1, 0.15) is 10.4 Å². The first kappa shape index (κ1) is 20.2. The van der Waals surface area contributed by atoms with Gasteiger partial charge >= 0.3 is 5.69 Å². The maximum absolute atomic E-state index is 11.3. The zero-order chi connectivity index (χ0) is 20.8. The fourth-order valence-corrected chi connectivity index (χ4v) is 3.17. The van der Waals surface area contributed by atoms with E-state index in [-0.39, 0.29) is 11.4 Å². The van der Waals surface area contributed by atoms with Crippen LogP contribution in [0.5, 0.6) is 0 Å². The van der Waals surface area contributed by atoms with E-state index in [2.05, 4.69) is 10.5 Å². The van der Waals surface area contributed by atoms with Crippen LogP contribution in [-0.2, 0) is 0 Å². The average molecular weight is 429 g/mol. The molecule has 0 fully saturated rings. The zero-order valence-corrected chi connectivity index (χ0v) is 16.3. The van der Waals surface area contributed by atoms with Crippen LogP contribution in [-0.4, -0.2) is 15.6 Å². The van der Waals surface area contributed by atoms with Gasteiger partial charge < -0.3 is 0 Å². The molecule has 0 unspecified atom stereocenters. The first-order valence-electron chi connectivity index (χ1n) is 8.18. The van der Waals surface area contributed by atoms with Gasteiger partial charge in [0.05, 0.1) is 20.8 Å². The number of nitro groups is 2. The lowest BCUT2D eigenvalue weighted by molar-refractivity contribution is -0.393. The molecular formula is C19H13ClN4O4S. The first-order valence-corrected chi connectivity index (χ1v) is 9.44. The normalized spacial score (nSPS) is 11.6. The molecule has 3 rings (SSSR count). The molecule has 8 nitrogen and oxygen atoms in total. The highest BCUT2D eigenvalue weighted by atomic mass is 35.5. The third kappa shape index (κ3) is 5.24. The molecule has 1 N–H and O–H groups in total. The lowest BCUT2D eigenvalue weighted by Crippen LogP contribution is -2.02. The van der Waals surface area contributed by atoms with Gasteiger partial charge in [-0.15, -0.1) is 11.3 Å². The summed E-state index contributed by atoms with van der Waals surface area (Å²) in [6.45, 7) is 0. The molecule has 0 aliphatic heterocycles. The van der Waals surface area contributed by atoms with Crippen LogP contribution >= 0.6 is 22.9 Å². The Kier molecular flexibility index (Phi) is 6.32. The van der Waals surface area contributed by atoms with Gasteiger partial charge in [0.15, 0.2) is 0 Å². The number of hydrazone groups is 1. The summed E-state index contributed by atoms with van der Waals surface area (Å²) in [6, 6.07) is 14.3. The van der Waals surface area contributed by atoms with Gasteiger partial charge in [-0.25, -0.2) is 0 Å². The molecule has 0 saturated heterocycles. The number of hydrogen-bond acceptors (Lipinski definition) is 7. The molecule has 29 heavy (non-hydrogen) atoms. The minimum atomic E-state index is -0.695. The molecule has 1 heterocycles. The van der Waals surface area contributed by atoms with Crippen molar-refractivity contribution >= 4 is 51.8 Å². The summed E-state index contributed by atoms with van der Waals surface area (Å²) in [4.78, 5) is 21.6. The van der Waals surface area contributed by atoms with Gasteiger partial charge in [0.1, 0.15) is 11.4 Å². The second-order valence-corrected chi connectivity index (χ2v) is 7.07. The lowest BCUT2D eigenvalue weighted by Gasteiger charge is -2.04. The van der Waals surface area contributed by atoms with E-state index in [1.807, 2.05) is 35.7 Å². The van der Waals surface area contributed by atoms with Crippen molar-refractivity contribution in [1.29, 1.82) is 0 Å². The van der Waals surface area contributed by atoms with E-state index >= 15 is 0 Å². The fraction of sp³-hybridized carbons (Fsp3) is 0. The molecule has 0 atom stereocenters. The fourth-order valence-electron chi connectivity index (χ4n) is 2.35. The van der Waals surface area contributed by atoms with Crippen LogP contribution in [0.2, 0.25) is 5.02 Å². The molecule has 146 valence electrons. The van der Waals surface area contributed by atoms with Crippen LogP contribution < -0.4 is 5.43 Å². The number of nitrogens with one attached hydrogen (secondary N) is 1. The molecule has 0 amide bonds. The molecular weight excluding hydrogens is 416 g/mol. The first-order chi connectivity index (χ1) is 13.9. The summed E-state index contributed by atoms with van der Waals surface area (Å²) in [7, 11) is 0. The Morgan fingerprint density at radius 3 is 2.45 bits per heavy atom. The van der Waals surface area contributed by atoms with Crippen LogP contribution in [0.3, 0.4) is 0 Å². The second kappa shape index (κ2) is 9.09. The molecule has 10 heteroatoms. The number of nitro benzene ring substituents is 2. The Hall–Kier alpha value is -3.56. The minimum Gasteiger partial charge on any atom is -0.271 e. The number of hydrogen-bond donors (Lipinski definition) is 1. The molecule has 0 spiro atoms. The Labute approximate surface area is 174 Å². The van der Waals surface area contributed by atoms with Crippen molar-refractivity contribution in [2.24, 2.45) is 5.10 Å². The van der Waals surface area contributed by atoms with Gasteiger partial charge in [-0.2, -0.15) is 5.10 Å². The van der Waals surface area contributed by atoms with E-state index in [0.29, 0.717) is 10.7 Å². The molecule has 0 radical (unpaired) electrons. The summed E-state index contributed by atoms with van der Waals surface area (Å²) in [6.07, 6.45) is 3.60. The maximum Gasteiger partial charge on any atom is 0.301 e. The van der Waals surface area contributed by atoms with E-state index in [0.717, 1.165) is 16.5 Å². The Morgan fingerprint density at radius 1 is 1.07 bits per heavy atom. The molecule has 2 aromatic carbocycles. The van der Waals surface area contributed by atoms with Crippen molar-refractivity contribution in [3.63, 3.8) is 0 Å². The van der Waals surface area contributed by atoms with Gasteiger partial charge in [-0.05, 0) is 41.3 Å². The van der Waals surface area contributed by atoms with E-state index in [1.54, 1.807) is 18.2 Å². The Balaban J connectivity index is 1.92. The van der Waals surface area contributed by atoms with Gasteiger partial charge in [0.2, 0.25) is 0 Å². The summed E-state index contributed by atoms with van der Waals surface area (Å²) >= 11 is 7.35. The molecule has 0 bridgehead atoms. The third-order valence-electron chi connectivity index (χ3n) is 3.76. The summed E-state index contributed by atoms with van der Waals surface area (Å²) < 4.78 is 0. The van der Waals surface area contributed by atoms with Gasteiger partial charge in [-0.1, -0.05) is 35.9 Å². The highest BCUT2D eigenvalue weighted by Crippen LogP contribution is 2.29. The molecule has 0 aliphatic carbocycles. The number of halogens is 1. The summed E-state index contributed by atoms with van der Waals surface area (Å²) in [5.74, 6) is 0. The minimum absolute atomic E-state index is 0.0505. The van der Waals surface area contributed by atoms with Crippen molar-refractivity contribution in [2.75, 3.05) is 5.43 Å². The number of thiophene rings is 1. The number of anilines is 1. The summed E-state index contributed by atoms with van der Waals surface area (Å²) in [5.41, 5.74) is 3.35. The Bertz CT molecular complexity index is 1100. The van der Waals surface area contributed by atoms with Crippen molar-refractivity contribution in [2.45, 2.75) is 0 Å². The predicted molar refractivity (Wildman–Crippen MR) is 115 cm³/mol. The number of rotatable bonds is 7. The highest BCUT2D eigenvalue weighted by Gasteiger charge is 2.19. The van der Waals surface area contributed by atoms with Crippen molar-refractivity contribution in [3.05, 3.63) is 102 Å². The Morgan fingerprint density at radius 2 is 1.83 bits per heavy atom. The monoisotopic (exact) mass is 428 g/mol. The number of allylic oxidation sites excluding steroid dienone is 1. The van der Waals surface area contributed by atoms with E-state index in [4.69, 9.17) is 11.6 Å².